The van der Waals surface area contributed by atoms with E-state index in [1.165, 1.54) is 11.3 Å². The van der Waals surface area contributed by atoms with E-state index >= 15 is 0 Å². The Balaban J connectivity index is 2.03. The maximum Gasteiger partial charge on any atom is 0.270 e. The van der Waals surface area contributed by atoms with Crippen molar-refractivity contribution in [2.24, 2.45) is 0 Å². The van der Waals surface area contributed by atoms with Gasteiger partial charge in [0.15, 0.2) is 0 Å². The third-order valence-electron chi connectivity index (χ3n) is 2.82. The standard InChI is InChI=1S/C14H17N3OS/c1-10(15-2)8-16-13(18)12-9-19-14(17-12)11-6-4-3-5-7-11/h3-7,9-10,15H,8H2,1-2H3,(H,16,18). The van der Waals surface area contributed by atoms with Crippen LogP contribution >= 0.6 is 11.3 Å². The van der Waals surface area contributed by atoms with Crippen LogP contribution in [0, 0.1) is 0 Å². The van der Waals surface area contributed by atoms with Gasteiger partial charge >= 0.3 is 0 Å². The average molecular weight is 275 g/mol. The number of rotatable bonds is 5. The lowest BCUT2D eigenvalue weighted by Gasteiger charge is -2.10. The number of aromatic nitrogens is 1. The Kier molecular flexibility index (Phi) is 4.65. The number of carbonyl (C=O) groups is 1. The molecule has 0 aliphatic heterocycles. The minimum absolute atomic E-state index is 0.125. The van der Waals surface area contributed by atoms with Crippen LogP contribution in [0.2, 0.25) is 0 Å². The second-order valence-electron chi connectivity index (χ2n) is 4.30. The van der Waals surface area contributed by atoms with Gasteiger partial charge in [-0.15, -0.1) is 11.3 Å². The Bertz CT molecular complexity index is 539. The van der Waals surface area contributed by atoms with Crippen molar-refractivity contribution in [1.82, 2.24) is 15.6 Å². The first kappa shape index (κ1) is 13.7. The first-order valence-corrected chi connectivity index (χ1v) is 7.05. The molecule has 2 aromatic rings. The van der Waals surface area contributed by atoms with Gasteiger partial charge in [-0.3, -0.25) is 4.79 Å². The fraction of sp³-hybridized carbons (Fsp3) is 0.286. The van der Waals surface area contributed by atoms with Crippen LogP contribution in [0.3, 0.4) is 0 Å². The van der Waals surface area contributed by atoms with Gasteiger partial charge in [-0.2, -0.15) is 0 Å². The average Bonchev–Trinajstić information content (AvgIpc) is 2.95. The number of benzene rings is 1. The van der Waals surface area contributed by atoms with Gasteiger partial charge in [0.1, 0.15) is 10.7 Å². The predicted molar refractivity (Wildman–Crippen MR) is 78.4 cm³/mol. The van der Waals surface area contributed by atoms with E-state index in [9.17, 15) is 4.79 Å². The van der Waals surface area contributed by atoms with Crippen LogP contribution in [0.1, 0.15) is 17.4 Å². The molecule has 1 heterocycles. The van der Waals surface area contributed by atoms with Crippen LogP contribution in [0.5, 0.6) is 0 Å². The number of carbonyl (C=O) groups excluding carboxylic acids is 1. The summed E-state index contributed by atoms with van der Waals surface area (Å²) in [6, 6.07) is 10.1. The molecule has 1 atom stereocenters. The molecule has 0 aliphatic carbocycles. The summed E-state index contributed by atoms with van der Waals surface area (Å²) in [5.41, 5.74) is 1.52. The molecule has 1 amide bonds. The smallest absolute Gasteiger partial charge is 0.270 e. The molecule has 2 rings (SSSR count). The van der Waals surface area contributed by atoms with Gasteiger partial charge in [0.05, 0.1) is 0 Å². The largest absolute Gasteiger partial charge is 0.349 e. The molecule has 2 N–H and O–H groups in total. The first-order chi connectivity index (χ1) is 9.20. The minimum Gasteiger partial charge on any atom is -0.349 e. The summed E-state index contributed by atoms with van der Waals surface area (Å²) >= 11 is 1.48. The third kappa shape index (κ3) is 3.62. The van der Waals surface area contributed by atoms with Gasteiger partial charge in [-0.25, -0.2) is 4.98 Å². The van der Waals surface area contributed by atoms with Crippen LogP contribution in [-0.2, 0) is 0 Å². The molecule has 0 spiro atoms. The van der Waals surface area contributed by atoms with Crippen molar-refractivity contribution in [3.05, 3.63) is 41.4 Å². The summed E-state index contributed by atoms with van der Waals surface area (Å²) in [6.07, 6.45) is 0. The number of nitrogens with zero attached hydrogens (tertiary/aromatic N) is 1. The van der Waals surface area contributed by atoms with Gasteiger partial charge in [0.2, 0.25) is 0 Å². The van der Waals surface area contributed by atoms with Gasteiger partial charge in [0, 0.05) is 23.5 Å². The lowest BCUT2D eigenvalue weighted by Crippen LogP contribution is -2.37. The number of amides is 1. The van der Waals surface area contributed by atoms with Crippen molar-refractivity contribution < 1.29 is 4.79 Å². The SMILES string of the molecule is CNC(C)CNC(=O)c1csc(-c2ccccc2)n1. The molecular formula is C14H17N3OS. The quantitative estimate of drug-likeness (QED) is 0.879. The number of hydrogen-bond acceptors (Lipinski definition) is 4. The van der Waals surface area contributed by atoms with Crippen molar-refractivity contribution >= 4 is 17.2 Å². The Labute approximate surface area is 116 Å². The van der Waals surface area contributed by atoms with E-state index in [1.54, 1.807) is 5.38 Å². The molecule has 0 fully saturated rings. The highest BCUT2D eigenvalue weighted by Crippen LogP contribution is 2.23. The predicted octanol–water partition coefficient (Wildman–Crippen LogP) is 2.15. The van der Waals surface area contributed by atoms with E-state index in [0.717, 1.165) is 10.6 Å². The van der Waals surface area contributed by atoms with Gasteiger partial charge in [-0.05, 0) is 14.0 Å². The molecule has 4 nitrogen and oxygen atoms in total. The van der Waals surface area contributed by atoms with Gasteiger partial charge in [-0.1, -0.05) is 30.3 Å². The van der Waals surface area contributed by atoms with E-state index < -0.39 is 0 Å². The van der Waals surface area contributed by atoms with Gasteiger partial charge in [0.25, 0.3) is 5.91 Å². The van der Waals surface area contributed by atoms with Crippen LogP contribution < -0.4 is 10.6 Å². The second kappa shape index (κ2) is 6.45. The van der Waals surface area contributed by atoms with Gasteiger partial charge < -0.3 is 10.6 Å². The molecule has 1 aromatic heterocycles. The lowest BCUT2D eigenvalue weighted by atomic mass is 10.2. The fourth-order valence-corrected chi connectivity index (χ4v) is 2.34. The zero-order valence-corrected chi connectivity index (χ0v) is 11.8. The van der Waals surface area contributed by atoms with E-state index in [2.05, 4.69) is 15.6 Å². The molecule has 0 saturated carbocycles. The molecule has 0 aliphatic rings. The Morgan fingerprint density at radius 2 is 2.11 bits per heavy atom. The van der Waals surface area contributed by atoms with E-state index in [1.807, 2.05) is 44.3 Å². The maximum atomic E-state index is 11.9. The fourth-order valence-electron chi connectivity index (χ4n) is 1.53. The molecule has 1 aromatic carbocycles. The summed E-state index contributed by atoms with van der Waals surface area (Å²) in [6.45, 7) is 2.60. The van der Waals surface area contributed by atoms with Crippen molar-refractivity contribution in [3.63, 3.8) is 0 Å². The zero-order valence-electron chi connectivity index (χ0n) is 11.0. The van der Waals surface area contributed by atoms with Crippen molar-refractivity contribution in [2.45, 2.75) is 13.0 Å². The molecule has 19 heavy (non-hydrogen) atoms. The monoisotopic (exact) mass is 275 g/mol. The highest BCUT2D eigenvalue weighted by molar-refractivity contribution is 7.13. The molecule has 0 saturated heterocycles. The Morgan fingerprint density at radius 3 is 2.79 bits per heavy atom. The van der Waals surface area contributed by atoms with Crippen LogP contribution in [-0.4, -0.2) is 30.5 Å². The van der Waals surface area contributed by atoms with E-state index in [4.69, 9.17) is 0 Å². The number of nitrogens with one attached hydrogen (secondary N) is 2. The summed E-state index contributed by atoms with van der Waals surface area (Å²) < 4.78 is 0. The zero-order chi connectivity index (χ0) is 13.7. The van der Waals surface area contributed by atoms with Crippen LogP contribution in [0.25, 0.3) is 10.6 Å². The summed E-state index contributed by atoms with van der Waals surface area (Å²) in [4.78, 5) is 16.3. The summed E-state index contributed by atoms with van der Waals surface area (Å²) in [5, 5.41) is 8.59. The van der Waals surface area contributed by atoms with Crippen molar-refractivity contribution in [2.75, 3.05) is 13.6 Å². The highest BCUT2D eigenvalue weighted by atomic mass is 32.1. The number of hydrogen-bond donors (Lipinski definition) is 2. The topological polar surface area (TPSA) is 54.0 Å². The van der Waals surface area contributed by atoms with Crippen molar-refractivity contribution in [3.8, 4) is 10.6 Å². The van der Waals surface area contributed by atoms with Crippen LogP contribution in [0.15, 0.2) is 35.7 Å². The van der Waals surface area contributed by atoms with E-state index in [0.29, 0.717) is 12.2 Å². The lowest BCUT2D eigenvalue weighted by molar-refractivity contribution is 0.0946. The molecule has 1 unspecified atom stereocenters. The normalized spacial score (nSPS) is 12.1. The number of likely N-dealkylation sites (N-methyl/N-ethyl adjacent to an activating group) is 1. The summed E-state index contributed by atoms with van der Waals surface area (Å²) in [7, 11) is 1.87. The van der Waals surface area contributed by atoms with Crippen LogP contribution in [0.4, 0.5) is 0 Å². The molecule has 0 bridgehead atoms. The Hall–Kier alpha value is -1.72. The highest BCUT2D eigenvalue weighted by Gasteiger charge is 2.12. The first-order valence-electron chi connectivity index (χ1n) is 6.17. The van der Waals surface area contributed by atoms with Crippen molar-refractivity contribution in [1.29, 1.82) is 0 Å². The van der Waals surface area contributed by atoms with E-state index in [-0.39, 0.29) is 11.9 Å². The minimum atomic E-state index is -0.125. The molecule has 5 heteroatoms. The molecule has 0 radical (unpaired) electrons. The molecular weight excluding hydrogens is 258 g/mol. The third-order valence-corrected chi connectivity index (χ3v) is 3.71. The Morgan fingerprint density at radius 1 is 1.37 bits per heavy atom. The number of thiazole rings is 1. The maximum absolute atomic E-state index is 11.9. The second-order valence-corrected chi connectivity index (χ2v) is 5.16. The summed E-state index contributed by atoms with van der Waals surface area (Å²) in [5.74, 6) is -0.125. The molecule has 100 valence electrons.